The molecule has 0 aromatic heterocycles. The fourth-order valence-electron chi connectivity index (χ4n) is 1.06. The molecule has 1 aliphatic rings. The molecule has 9 heavy (non-hydrogen) atoms. The van der Waals surface area contributed by atoms with Crippen LogP contribution >= 0.6 is 12.2 Å². The van der Waals surface area contributed by atoms with Crippen LogP contribution in [0.25, 0.3) is 0 Å². The first-order chi connectivity index (χ1) is 4.24. The first kappa shape index (κ1) is 6.81. The predicted octanol–water partition coefficient (Wildman–Crippen LogP) is 0.618. The molecule has 0 bridgehead atoms. The van der Waals surface area contributed by atoms with Gasteiger partial charge in [-0.1, -0.05) is 13.3 Å². The van der Waals surface area contributed by atoms with E-state index in [4.69, 9.17) is 5.73 Å². The van der Waals surface area contributed by atoms with Gasteiger partial charge in [0, 0.05) is 6.04 Å². The number of rotatable bonds is 2. The molecule has 0 saturated heterocycles. The summed E-state index contributed by atoms with van der Waals surface area (Å²) in [6.45, 7) is 2.19. The van der Waals surface area contributed by atoms with E-state index in [-0.39, 0.29) is 0 Å². The highest BCUT2D eigenvalue weighted by atomic mass is 32.1. The molecule has 1 fully saturated rings. The van der Waals surface area contributed by atoms with Gasteiger partial charge >= 0.3 is 0 Å². The summed E-state index contributed by atoms with van der Waals surface area (Å²) in [6.07, 6.45) is 2.48. The highest BCUT2D eigenvalue weighted by molar-refractivity contribution is 7.80. The Balaban J connectivity index is 2.12. The van der Waals surface area contributed by atoms with Crippen molar-refractivity contribution >= 4 is 17.3 Å². The zero-order valence-electron chi connectivity index (χ0n) is 5.55. The Kier molecular flexibility index (Phi) is 1.90. The summed E-state index contributed by atoms with van der Waals surface area (Å²) in [6, 6.07) is 0.590. The predicted molar refractivity (Wildman–Crippen MR) is 42.1 cm³/mol. The molecular weight excluding hydrogens is 132 g/mol. The summed E-state index contributed by atoms with van der Waals surface area (Å²) in [5.74, 6) is 0.825. The third-order valence-corrected chi connectivity index (χ3v) is 1.89. The maximum absolute atomic E-state index is 5.27. The fraction of sp³-hybridized carbons (Fsp3) is 0.833. The smallest absolute Gasteiger partial charge is 0.163 e. The Hall–Kier alpha value is -0.310. The summed E-state index contributed by atoms with van der Waals surface area (Å²) in [7, 11) is 0. The first-order valence-electron chi connectivity index (χ1n) is 3.30. The van der Waals surface area contributed by atoms with Crippen molar-refractivity contribution < 1.29 is 0 Å². The normalized spacial score (nSPS) is 31.7. The molecule has 2 atom stereocenters. The van der Waals surface area contributed by atoms with Crippen LogP contribution in [0.5, 0.6) is 0 Å². The molecule has 0 radical (unpaired) electrons. The Morgan fingerprint density at radius 1 is 1.89 bits per heavy atom. The highest BCUT2D eigenvalue weighted by Crippen LogP contribution is 2.32. The lowest BCUT2D eigenvalue weighted by Crippen LogP contribution is -2.31. The number of hydrogen-bond donors (Lipinski definition) is 2. The van der Waals surface area contributed by atoms with Crippen LogP contribution in [0.1, 0.15) is 19.8 Å². The molecule has 0 aliphatic heterocycles. The summed E-state index contributed by atoms with van der Waals surface area (Å²) < 4.78 is 0. The van der Waals surface area contributed by atoms with Crippen LogP contribution in [-0.4, -0.2) is 11.2 Å². The van der Waals surface area contributed by atoms with Gasteiger partial charge in [0.05, 0.1) is 0 Å². The Morgan fingerprint density at radius 2 is 2.56 bits per heavy atom. The maximum atomic E-state index is 5.27. The monoisotopic (exact) mass is 144 g/mol. The van der Waals surface area contributed by atoms with E-state index < -0.39 is 0 Å². The highest BCUT2D eigenvalue weighted by Gasteiger charge is 2.35. The van der Waals surface area contributed by atoms with Gasteiger partial charge in [-0.3, -0.25) is 0 Å². The largest absolute Gasteiger partial charge is 0.376 e. The molecule has 0 aromatic rings. The first-order valence-corrected chi connectivity index (χ1v) is 3.70. The van der Waals surface area contributed by atoms with Gasteiger partial charge in [0.1, 0.15) is 0 Å². The van der Waals surface area contributed by atoms with Crippen molar-refractivity contribution in [2.45, 2.75) is 25.8 Å². The maximum Gasteiger partial charge on any atom is 0.163 e. The van der Waals surface area contributed by atoms with Crippen molar-refractivity contribution in [2.75, 3.05) is 0 Å². The number of nitrogens with two attached hydrogens (primary N) is 1. The van der Waals surface area contributed by atoms with Gasteiger partial charge < -0.3 is 11.1 Å². The van der Waals surface area contributed by atoms with E-state index in [1.165, 1.54) is 12.8 Å². The Bertz CT molecular complexity index is 124. The molecular formula is C6H12N2S. The lowest BCUT2D eigenvalue weighted by atomic mass is 10.3. The van der Waals surface area contributed by atoms with E-state index in [1.807, 2.05) is 0 Å². The number of thiocarbonyl (C=S) groups is 1. The van der Waals surface area contributed by atoms with Crippen LogP contribution in [0.2, 0.25) is 0 Å². The number of nitrogens with one attached hydrogen (secondary N) is 1. The summed E-state index contributed by atoms with van der Waals surface area (Å²) in [5.41, 5.74) is 5.27. The summed E-state index contributed by atoms with van der Waals surface area (Å²) in [4.78, 5) is 0. The molecule has 1 saturated carbocycles. The zero-order chi connectivity index (χ0) is 6.85. The second-order valence-corrected chi connectivity index (χ2v) is 2.96. The van der Waals surface area contributed by atoms with Crippen LogP contribution in [0.3, 0.4) is 0 Å². The van der Waals surface area contributed by atoms with E-state index in [0.717, 1.165) is 5.92 Å². The average molecular weight is 144 g/mol. The minimum absolute atomic E-state index is 0.441. The van der Waals surface area contributed by atoms with Crippen LogP contribution in [0.4, 0.5) is 0 Å². The van der Waals surface area contributed by atoms with Gasteiger partial charge in [0.25, 0.3) is 0 Å². The Morgan fingerprint density at radius 3 is 2.89 bits per heavy atom. The van der Waals surface area contributed by atoms with Crippen LogP contribution < -0.4 is 11.1 Å². The lowest BCUT2D eigenvalue weighted by molar-refractivity contribution is 0.725. The van der Waals surface area contributed by atoms with Crippen molar-refractivity contribution in [3.05, 3.63) is 0 Å². The van der Waals surface area contributed by atoms with Crippen LogP contribution in [0, 0.1) is 5.92 Å². The molecule has 3 N–H and O–H groups in total. The van der Waals surface area contributed by atoms with Gasteiger partial charge in [-0.25, -0.2) is 0 Å². The van der Waals surface area contributed by atoms with E-state index in [1.54, 1.807) is 0 Å². The third-order valence-electron chi connectivity index (χ3n) is 1.77. The quantitative estimate of drug-likeness (QED) is 0.558. The van der Waals surface area contributed by atoms with Gasteiger partial charge in [-0.2, -0.15) is 0 Å². The molecule has 0 spiro atoms. The van der Waals surface area contributed by atoms with E-state index in [0.29, 0.717) is 11.2 Å². The van der Waals surface area contributed by atoms with E-state index in [9.17, 15) is 0 Å². The average Bonchev–Trinajstić information content (AvgIpc) is 2.45. The molecule has 1 aliphatic carbocycles. The van der Waals surface area contributed by atoms with Crippen LogP contribution in [-0.2, 0) is 0 Å². The van der Waals surface area contributed by atoms with Crippen molar-refractivity contribution in [1.29, 1.82) is 0 Å². The fourth-order valence-corrected chi connectivity index (χ4v) is 1.21. The topological polar surface area (TPSA) is 38.0 Å². The molecule has 2 nitrogen and oxygen atoms in total. The molecule has 1 rings (SSSR count). The van der Waals surface area contributed by atoms with Crippen LogP contribution in [0.15, 0.2) is 0 Å². The molecule has 52 valence electrons. The van der Waals surface area contributed by atoms with Crippen molar-refractivity contribution in [3.8, 4) is 0 Å². The molecule has 3 heteroatoms. The Labute approximate surface area is 60.8 Å². The standard InChI is InChI=1S/C6H12N2S/c1-2-4-3-5(4)8-6(7)9/h4-5H,2-3H2,1H3,(H3,7,8,9). The molecule has 0 heterocycles. The lowest BCUT2D eigenvalue weighted by Gasteiger charge is -1.99. The number of hydrogen-bond acceptors (Lipinski definition) is 1. The third kappa shape index (κ3) is 1.82. The van der Waals surface area contributed by atoms with E-state index >= 15 is 0 Å². The summed E-state index contributed by atoms with van der Waals surface area (Å²) >= 11 is 4.68. The van der Waals surface area contributed by atoms with E-state index in [2.05, 4.69) is 24.5 Å². The van der Waals surface area contributed by atoms with Gasteiger partial charge in [0.15, 0.2) is 5.11 Å². The van der Waals surface area contributed by atoms with Crippen molar-refractivity contribution in [1.82, 2.24) is 5.32 Å². The second-order valence-electron chi connectivity index (χ2n) is 2.52. The minimum Gasteiger partial charge on any atom is -0.376 e. The second kappa shape index (κ2) is 2.52. The SMILES string of the molecule is CCC1CC1NC(N)=S. The summed E-state index contributed by atoms with van der Waals surface area (Å²) in [5, 5.41) is 3.47. The van der Waals surface area contributed by atoms with Gasteiger partial charge in [-0.05, 0) is 24.6 Å². The van der Waals surface area contributed by atoms with Gasteiger partial charge in [-0.15, -0.1) is 0 Å². The molecule has 0 aromatic carbocycles. The van der Waals surface area contributed by atoms with Crippen molar-refractivity contribution in [2.24, 2.45) is 11.7 Å². The zero-order valence-corrected chi connectivity index (χ0v) is 6.37. The molecule has 0 amide bonds. The van der Waals surface area contributed by atoms with Gasteiger partial charge in [0.2, 0.25) is 0 Å². The van der Waals surface area contributed by atoms with Crippen molar-refractivity contribution in [3.63, 3.8) is 0 Å². The minimum atomic E-state index is 0.441. The molecule has 2 unspecified atom stereocenters.